The molecule has 0 aliphatic heterocycles. The lowest BCUT2D eigenvalue weighted by Gasteiger charge is -2.10. The molecule has 6 nitrogen and oxygen atoms in total. The molecular formula is C16H24ClN3O3. The van der Waals surface area contributed by atoms with Crippen LogP contribution in [0.25, 0.3) is 0 Å². The molecule has 0 aromatic heterocycles. The molecule has 0 heterocycles. The first-order valence-electron chi connectivity index (χ1n) is 7.72. The summed E-state index contributed by atoms with van der Waals surface area (Å²) in [6, 6.07) is 4.57. The Morgan fingerprint density at radius 2 is 1.91 bits per heavy atom. The molecule has 0 aliphatic carbocycles. The average Bonchev–Trinajstić information content (AvgIpc) is 2.48. The second kappa shape index (κ2) is 10.9. The first-order chi connectivity index (χ1) is 11.0. The minimum Gasteiger partial charge on any atom is -0.381 e. The zero-order valence-electron chi connectivity index (χ0n) is 13.6. The van der Waals surface area contributed by atoms with Crippen molar-refractivity contribution in [2.24, 2.45) is 0 Å². The number of benzene rings is 1. The molecule has 1 aromatic carbocycles. The number of amides is 3. The second-order valence-electron chi connectivity index (χ2n) is 5.08. The molecule has 7 heteroatoms. The maximum Gasteiger partial charge on any atom is 0.319 e. The fourth-order valence-electron chi connectivity index (χ4n) is 1.79. The maximum absolute atomic E-state index is 11.8. The lowest BCUT2D eigenvalue weighted by Crippen LogP contribution is -2.30. The van der Waals surface area contributed by atoms with E-state index in [1.807, 2.05) is 0 Å². The molecule has 1 rings (SSSR count). The van der Waals surface area contributed by atoms with E-state index < -0.39 is 0 Å². The standard InChI is InChI=1S/C16H24ClN3O3/c1-3-4-9-23-10-5-8-18-16(22)20-15-7-6-13(11-14(15)17)19-12(2)21/h6-7,11H,3-5,8-10H2,1-2H3,(H,19,21)(H2,18,20,22). The molecule has 128 valence electrons. The van der Waals surface area contributed by atoms with E-state index in [1.165, 1.54) is 6.92 Å². The van der Waals surface area contributed by atoms with Crippen LogP contribution in [0.5, 0.6) is 0 Å². The Bertz CT molecular complexity index is 523. The lowest BCUT2D eigenvalue weighted by atomic mass is 10.2. The number of carbonyl (C=O) groups is 2. The Labute approximate surface area is 141 Å². The third kappa shape index (κ3) is 8.42. The Morgan fingerprint density at radius 1 is 1.17 bits per heavy atom. The molecule has 0 fully saturated rings. The number of carbonyl (C=O) groups excluding carboxylic acids is 2. The van der Waals surface area contributed by atoms with Crippen LogP contribution >= 0.6 is 11.6 Å². The zero-order valence-corrected chi connectivity index (χ0v) is 14.3. The number of unbranched alkanes of at least 4 members (excludes halogenated alkanes) is 1. The molecule has 0 unspecified atom stereocenters. The molecule has 0 bridgehead atoms. The van der Waals surface area contributed by atoms with Gasteiger partial charge in [0, 0.05) is 32.4 Å². The van der Waals surface area contributed by atoms with Crippen LogP contribution in [0.2, 0.25) is 5.02 Å². The molecule has 0 radical (unpaired) electrons. The van der Waals surface area contributed by atoms with Crippen LogP contribution < -0.4 is 16.0 Å². The highest BCUT2D eigenvalue weighted by Crippen LogP contribution is 2.25. The number of hydrogen-bond donors (Lipinski definition) is 3. The van der Waals surface area contributed by atoms with Gasteiger partial charge in [0.1, 0.15) is 0 Å². The van der Waals surface area contributed by atoms with Crippen molar-refractivity contribution in [1.82, 2.24) is 5.32 Å². The quantitative estimate of drug-likeness (QED) is 0.600. The zero-order chi connectivity index (χ0) is 17.1. The first-order valence-corrected chi connectivity index (χ1v) is 8.10. The molecule has 0 saturated heterocycles. The Balaban J connectivity index is 2.30. The van der Waals surface area contributed by atoms with Gasteiger partial charge in [-0.3, -0.25) is 4.79 Å². The van der Waals surface area contributed by atoms with E-state index in [-0.39, 0.29) is 11.9 Å². The monoisotopic (exact) mass is 341 g/mol. The highest BCUT2D eigenvalue weighted by molar-refractivity contribution is 6.34. The molecule has 23 heavy (non-hydrogen) atoms. The first kappa shape index (κ1) is 19.3. The normalized spacial score (nSPS) is 10.2. The molecule has 3 N–H and O–H groups in total. The van der Waals surface area contributed by atoms with Gasteiger partial charge in [-0.2, -0.15) is 0 Å². The maximum atomic E-state index is 11.8. The van der Waals surface area contributed by atoms with Crippen molar-refractivity contribution < 1.29 is 14.3 Å². The SMILES string of the molecule is CCCCOCCCNC(=O)Nc1ccc(NC(C)=O)cc1Cl. The van der Waals surface area contributed by atoms with Crippen molar-refractivity contribution in [2.45, 2.75) is 33.1 Å². The Kier molecular flexibility index (Phi) is 9.09. The predicted octanol–water partition coefficient (Wildman–Crippen LogP) is 3.63. The summed E-state index contributed by atoms with van der Waals surface area (Å²) in [6.07, 6.45) is 2.93. The van der Waals surface area contributed by atoms with Crippen molar-refractivity contribution >= 4 is 34.9 Å². The smallest absolute Gasteiger partial charge is 0.319 e. The van der Waals surface area contributed by atoms with Crippen LogP contribution in [-0.2, 0) is 9.53 Å². The van der Waals surface area contributed by atoms with E-state index in [1.54, 1.807) is 18.2 Å². The molecule has 0 aliphatic rings. The van der Waals surface area contributed by atoms with E-state index in [4.69, 9.17) is 16.3 Å². The summed E-state index contributed by atoms with van der Waals surface area (Å²) in [5, 5.41) is 8.38. The number of urea groups is 1. The highest BCUT2D eigenvalue weighted by atomic mass is 35.5. The van der Waals surface area contributed by atoms with Gasteiger partial charge >= 0.3 is 6.03 Å². The molecule has 0 atom stereocenters. The minimum absolute atomic E-state index is 0.180. The number of hydrogen-bond acceptors (Lipinski definition) is 3. The largest absolute Gasteiger partial charge is 0.381 e. The van der Waals surface area contributed by atoms with Crippen LogP contribution in [0.4, 0.5) is 16.2 Å². The van der Waals surface area contributed by atoms with Crippen molar-refractivity contribution in [3.05, 3.63) is 23.2 Å². The number of halogens is 1. The van der Waals surface area contributed by atoms with Gasteiger partial charge < -0.3 is 20.7 Å². The topological polar surface area (TPSA) is 79.5 Å². The van der Waals surface area contributed by atoms with Gasteiger partial charge in [0.05, 0.1) is 10.7 Å². The van der Waals surface area contributed by atoms with Gasteiger partial charge in [0.15, 0.2) is 0 Å². The lowest BCUT2D eigenvalue weighted by molar-refractivity contribution is -0.114. The van der Waals surface area contributed by atoms with E-state index in [0.29, 0.717) is 29.5 Å². The van der Waals surface area contributed by atoms with Crippen LogP contribution in [0, 0.1) is 0 Å². The summed E-state index contributed by atoms with van der Waals surface area (Å²) >= 11 is 6.08. The number of nitrogens with one attached hydrogen (secondary N) is 3. The Hall–Kier alpha value is -1.79. The van der Waals surface area contributed by atoms with Gasteiger partial charge in [-0.15, -0.1) is 0 Å². The van der Waals surface area contributed by atoms with E-state index >= 15 is 0 Å². The molecule has 1 aromatic rings. The van der Waals surface area contributed by atoms with Crippen LogP contribution in [-0.4, -0.2) is 31.7 Å². The number of anilines is 2. The van der Waals surface area contributed by atoms with Crippen molar-refractivity contribution in [3.63, 3.8) is 0 Å². The van der Waals surface area contributed by atoms with Crippen molar-refractivity contribution in [3.8, 4) is 0 Å². The fourth-order valence-corrected chi connectivity index (χ4v) is 2.02. The van der Waals surface area contributed by atoms with Crippen LogP contribution in [0.15, 0.2) is 18.2 Å². The summed E-state index contributed by atoms with van der Waals surface area (Å²) < 4.78 is 5.41. The van der Waals surface area contributed by atoms with Gasteiger partial charge in [-0.05, 0) is 31.0 Å². The van der Waals surface area contributed by atoms with E-state index in [0.717, 1.165) is 25.9 Å². The summed E-state index contributed by atoms with van der Waals surface area (Å²) in [5.74, 6) is -0.180. The fraction of sp³-hybridized carbons (Fsp3) is 0.500. The minimum atomic E-state index is -0.326. The Morgan fingerprint density at radius 3 is 2.57 bits per heavy atom. The molecular weight excluding hydrogens is 318 g/mol. The summed E-state index contributed by atoms with van der Waals surface area (Å²) in [5.41, 5.74) is 1.06. The predicted molar refractivity (Wildman–Crippen MR) is 93.1 cm³/mol. The average molecular weight is 342 g/mol. The van der Waals surface area contributed by atoms with Gasteiger partial charge in [0.25, 0.3) is 0 Å². The number of rotatable bonds is 9. The van der Waals surface area contributed by atoms with E-state index in [2.05, 4.69) is 22.9 Å². The summed E-state index contributed by atoms with van der Waals surface area (Å²) in [7, 11) is 0. The van der Waals surface area contributed by atoms with Crippen LogP contribution in [0.1, 0.15) is 33.1 Å². The highest BCUT2D eigenvalue weighted by Gasteiger charge is 2.06. The van der Waals surface area contributed by atoms with Gasteiger partial charge in [0.2, 0.25) is 5.91 Å². The van der Waals surface area contributed by atoms with E-state index in [9.17, 15) is 9.59 Å². The van der Waals surface area contributed by atoms with Crippen molar-refractivity contribution in [2.75, 3.05) is 30.4 Å². The third-order valence-electron chi connectivity index (χ3n) is 2.93. The van der Waals surface area contributed by atoms with Crippen LogP contribution in [0.3, 0.4) is 0 Å². The summed E-state index contributed by atoms with van der Waals surface area (Å²) in [6.45, 7) is 5.45. The number of ether oxygens (including phenoxy) is 1. The van der Waals surface area contributed by atoms with Gasteiger partial charge in [-0.25, -0.2) is 4.79 Å². The molecule has 0 saturated carbocycles. The molecule has 3 amide bonds. The molecule has 0 spiro atoms. The second-order valence-corrected chi connectivity index (χ2v) is 5.48. The summed E-state index contributed by atoms with van der Waals surface area (Å²) in [4.78, 5) is 22.7. The van der Waals surface area contributed by atoms with Crippen molar-refractivity contribution in [1.29, 1.82) is 0 Å². The van der Waals surface area contributed by atoms with Gasteiger partial charge in [-0.1, -0.05) is 24.9 Å². The third-order valence-corrected chi connectivity index (χ3v) is 3.24.